The second-order valence-corrected chi connectivity index (χ2v) is 6.72. The lowest BCUT2D eigenvalue weighted by atomic mass is 9.76. The van der Waals surface area contributed by atoms with Crippen molar-refractivity contribution in [3.63, 3.8) is 0 Å². The largest absolute Gasteiger partial charge is 0.370 e. The summed E-state index contributed by atoms with van der Waals surface area (Å²) in [6.07, 6.45) is 4.01. The third-order valence-electron chi connectivity index (χ3n) is 5.55. The summed E-state index contributed by atoms with van der Waals surface area (Å²) in [5.74, 6) is 1.59. The number of aromatic nitrogens is 2. The average Bonchev–Trinajstić information content (AvgIpc) is 2.71. The summed E-state index contributed by atoms with van der Waals surface area (Å²) < 4.78 is 6.05. The van der Waals surface area contributed by atoms with Crippen LogP contribution in [0.3, 0.4) is 0 Å². The second kappa shape index (κ2) is 6.57. The molecule has 1 N–H and O–H groups in total. The van der Waals surface area contributed by atoms with Crippen molar-refractivity contribution < 1.29 is 9.53 Å². The molecule has 7 nitrogen and oxygen atoms in total. The van der Waals surface area contributed by atoms with Crippen LogP contribution in [0.5, 0.6) is 0 Å². The maximum atomic E-state index is 12.4. The second-order valence-electron chi connectivity index (χ2n) is 6.72. The molecule has 2 aliphatic heterocycles. The van der Waals surface area contributed by atoms with Gasteiger partial charge in [-0.05, 0) is 12.0 Å². The van der Waals surface area contributed by atoms with E-state index in [9.17, 15) is 4.79 Å². The van der Waals surface area contributed by atoms with Gasteiger partial charge in [0.1, 0.15) is 12.7 Å². The van der Waals surface area contributed by atoms with E-state index in [4.69, 9.17) is 4.74 Å². The van der Waals surface area contributed by atoms with E-state index in [0.717, 1.165) is 30.2 Å². The van der Waals surface area contributed by atoms with E-state index in [1.54, 1.807) is 12.4 Å². The quantitative estimate of drug-likeness (QED) is 0.901. The van der Waals surface area contributed by atoms with Crippen molar-refractivity contribution >= 4 is 17.5 Å². The molecule has 0 radical (unpaired) electrons. The number of hydrogen-bond acceptors (Lipinski definition) is 6. The Balaban J connectivity index is 1.71. The van der Waals surface area contributed by atoms with Gasteiger partial charge in [-0.25, -0.2) is 9.97 Å². The van der Waals surface area contributed by atoms with E-state index in [-0.39, 0.29) is 18.6 Å². The molecule has 0 bridgehead atoms. The Hall–Kier alpha value is -2.67. The number of benzene rings is 1. The van der Waals surface area contributed by atoms with Gasteiger partial charge in [0.05, 0.1) is 5.54 Å². The standard InChI is InChI=1S/C19H23N5O2/c1-20-17-18(22-10-9-21-17)24-11-8-19(14-6-4-3-5-7-14)15(12-24)26-13-16(25)23(19)2/h3-7,9-10,15H,8,11-13H2,1-2H3,(H,20,21)/t15-,19+/m1/s1. The fourth-order valence-corrected chi connectivity index (χ4v) is 4.16. The SMILES string of the molecule is CNc1nccnc1N1CC[C@]2(c3ccccc3)[C@@H](C1)OCC(=O)N2C. The predicted octanol–water partition coefficient (Wildman–Crippen LogP) is 1.48. The summed E-state index contributed by atoms with van der Waals surface area (Å²) >= 11 is 0. The van der Waals surface area contributed by atoms with Crippen LogP contribution in [0.1, 0.15) is 12.0 Å². The van der Waals surface area contributed by atoms with E-state index in [1.807, 2.05) is 37.2 Å². The van der Waals surface area contributed by atoms with Crippen molar-refractivity contribution in [1.82, 2.24) is 14.9 Å². The lowest BCUT2D eigenvalue weighted by Gasteiger charge is -2.55. The fourth-order valence-electron chi connectivity index (χ4n) is 4.16. The molecular weight excluding hydrogens is 330 g/mol. The molecule has 4 rings (SSSR count). The molecule has 26 heavy (non-hydrogen) atoms. The van der Waals surface area contributed by atoms with Gasteiger partial charge in [-0.1, -0.05) is 30.3 Å². The molecule has 7 heteroatoms. The highest BCUT2D eigenvalue weighted by Crippen LogP contribution is 2.43. The van der Waals surface area contributed by atoms with Crippen LogP contribution >= 0.6 is 0 Å². The van der Waals surface area contributed by atoms with Crippen molar-refractivity contribution in [2.75, 3.05) is 44.0 Å². The van der Waals surface area contributed by atoms with Crippen molar-refractivity contribution in [2.45, 2.75) is 18.1 Å². The Labute approximate surface area is 153 Å². The molecular formula is C19H23N5O2. The Kier molecular flexibility index (Phi) is 4.24. The minimum Gasteiger partial charge on any atom is -0.370 e. The van der Waals surface area contributed by atoms with E-state index < -0.39 is 5.54 Å². The van der Waals surface area contributed by atoms with E-state index >= 15 is 0 Å². The van der Waals surface area contributed by atoms with Crippen LogP contribution in [0.15, 0.2) is 42.7 Å². The van der Waals surface area contributed by atoms with Gasteiger partial charge < -0.3 is 19.9 Å². The third kappa shape index (κ3) is 2.50. The number of anilines is 2. The van der Waals surface area contributed by atoms with Gasteiger partial charge in [-0.3, -0.25) is 4.79 Å². The highest BCUT2D eigenvalue weighted by atomic mass is 16.5. The highest BCUT2D eigenvalue weighted by Gasteiger charge is 2.53. The smallest absolute Gasteiger partial charge is 0.249 e. The van der Waals surface area contributed by atoms with Crippen LogP contribution in [0.25, 0.3) is 0 Å². The maximum Gasteiger partial charge on any atom is 0.249 e. The molecule has 0 unspecified atom stereocenters. The number of rotatable bonds is 3. The lowest BCUT2D eigenvalue weighted by molar-refractivity contribution is -0.173. The molecule has 2 fully saturated rings. The van der Waals surface area contributed by atoms with Crippen LogP contribution in [0.4, 0.5) is 11.6 Å². The average molecular weight is 353 g/mol. The molecule has 0 spiro atoms. The molecule has 2 atom stereocenters. The first kappa shape index (κ1) is 16.8. The zero-order chi connectivity index (χ0) is 18.1. The normalized spacial score (nSPS) is 25.8. The van der Waals surface area contributed by atoms with E-state index in [2.05, 4.69) is 32.3 Å². The molecule has 2 aromatic rings. The molecule has 136 valence electrons. The van der Waals surface area contributed by atoms with Crippen LogP contribution in [0.2, 0.25) is 0 Å². The van der Waals surface area contributed by atoms with E-state index in [0.29, 0.717) is 6.54 Å². The number of morpholine rings is 1. The minimum atomic E-state index is -0.449. The Morgan fingerprint density at radius 2 is 2.00 bits per heavy atom. The number of amides is 1. The van der Waals surface area contributed by atoms with Crippen LogP contribution in [0, 0.1) is 0 Å². The zero-order valence-electron chi connectivity index (χ0n) is 15.1. The number of carbonyl (C=O) groups excluding carboxylic acids is 1. The summed E-state index contributed by atoms with van der Waals surface area (Å²) in [6, 6.07) is 10.2. The van der Waals surface area contributed by atoms with Crippen LogP contribution in [-0.2, 0) is 15.1 Å². The molecule has 2 saturated heterocycles. The van der Waals surface area contributed by atoms with Gasteiger partial charge in [-0.15, -0.1) is 0 Å². The molecule has 3 heterocycles. The molecule has 0 aliphatic carbocycles. The number of hydrogen-bond donors (Lipinski definition) is 1. The van der Waals surface area contributed by atoms with Crippen molar-refractivity contribution in [3.8, 4) is 0 Å². The van der Waals surface area contributed by atoms with Gasteiger partial charge >= 0.3 is 0 Å². The van der Waals surface area contributed by atoms with Crippen molar-refractivity contribution in [3.05, 3.63) is 48.3 Å². The molecule has 1 amide bonds. The number of ether oxygens (including phenoxy) is 1. The summed E-state index contributed by atoms with van der Waals surface area (Å²) in [5.41, 5.74) is 0.669. The molecule has 2 aliphatic rings. The first-order chi connectivity index (χ1) is 12.7. The van der Waals surface area contributed by atoms with Crippen molar-refractivity contribution in [1.29, 1.82) is 0 Å². The molecule has 1 aromatic carbocycles. The Bertz CT molecular complexity index is 800. The summed E-state index contributed by atoms with van der Waals surface area (Å²) in [7, 11) is 3.73. The number of piperidine rings is 1. The fraction of sp³-hybridized carbons (Fsp3) is 0.421. The summed E-state index contributed by atoms with van der Waals surface area (Å²) in [6.45, 7) is 1.53. The highest BCUT2D eigenvalue weighted by molar-refractivity contribution is 5.79. The van der Waals surface area contributed by atoms with Crippen LogP contribution in [-0.4, -0.2) is 60.7 Å². The molecule has 0 saturated carbocycles. The first-order valence-electron chi connectivity index (χ1n) is 8.84. The number of likely N-dealkylation sites (N-methyl/N-ethyl adjacent to an activating group) is 1. The maximum absolute atomic E-state index is 12.4. The third-order valence-corrected chi connectivity index (χ3v) is 5.55. The van der Waals surface area contributed by atoms with Gasteiger partial charge in [0.2, 0.25) is 5.91 Å². The monoisotopic (exact) mass is 353 g/mol. The van der Waals surface area contributed by atoms with Gasteiger partial charge in [0.25, 0.3) is 0 Å². The molecule has 1 aromatic heterocycles. The predicted molar refractivity (Wildman–Crippen MR) is 99.0 cm³/mol. The Morgan fingerprint density at radius 1 is 1.23 bits per heavy atom. The van der Waals surface area contributed by atoms with Gasteiger partial charge in [0, 0.05) is 39.6 Å². The van der Waals surface area contributed by atoms with Crippen molar-refractivity contribution in [2.24, 2.45) is 0 Å². The summed E-state index contributed by atoms with van der Waals surface area (Å²) in [5, 5.41) is 3.10. The van der Waals surface area contributed by atoms with Gasteiger partial charge in [0.15, 0.2) is 11.6 Å². The number of nitrogens with zero attached hydrogens (tertiary/aromatic N) is 4. The lowest BCUT2D eigenvalue weighted by Crippen LogP contribution is -2.67. The topological polar surface area (TPSA) is 70.6 Å². The minimum absolute atomic E-state index is 0.0222. The van der Waals surface area contributed by atoms with Crippen LogP contribution < -0.4 is 10.2 Å². The first-order valence-corrected chi connectivity index (χ1v) is 8.84. The number of fused-ring (bicyclic) bond motifs is 1. The number of nitrogens with one attached hydrogen (secondary N) is 1. The Morgan fingerprint density at radius 3 is 2.77 bits per heavy atom. The van der Waals surface area contributed by atoms with Gasteiger partial charge in [-0.2, -0.15) is 0 Å². The zero-order valence-corrected chi connectivity index (χ0v) is 15.1. The summed E-state index contributed by atoms with van der Waals surface area (Å²) in [4.78, 5) is 25.4. The number of carbonyl (C=O) groups is 1. The van der Waals surface area contributed by atoms with E-state index in [1.165, 1.54) is 0 Å².